The van der Waals surface area contributed by atoms with Gasteiger partial charge in [-0.2, -0.15) is 0 Å². The van der Waals surface area contributed by atoms with E-state index < -0.39 is 11.6 Å². The Bertz CT molecular complexity index is 1030. The molecule has 0 atom stereocenters. The third kappa shape index (κ3) is 3.47. The lowest BCUT2D eigenvalue weighted by Crippen LogP contribution is -2.52. The molecule has 30 heavy (non-hydrogen) atoms. The average Bonchev–Trinajstić information content (AvgIpc) is 2.74. The summed E-state index contributed by atoms with van der Waals surface area (Å²) in [6, 6.07) is 10.6. The number of carbonyl (C=O) groups is 3. The minimum absolute atomic E-state index is 0.0962. The third-order valence-corrected chi connectivity index (χ3v) is 6.05. The second-order valence-electron chi connectivity index (χ2n) is 8.17. The van der Waals surface area contributed by atoms with Gasteiger partial charge < -0.3 is 14.4 Å². The molecular formula is C24H25NO5. The van der Waals surface area contributed by atoms with Crippen LogP contribution in [0.25, 0.3) is 0 Å². The fourth-order valence-corrected chi connectivity index (χ4v) is 4.46. The van der Waals surface area contributed by atoms with Gasteiger partial charge in [-0.05, 0) is 43.2 Å². The van der Waals surface area contributed by atoms with Crippen molar-refractivity contribution >= 4 is 17.7 Å². The topological polar surface area (TPSA) is 72.9 Å². The average molecular weight is 407 g/mol. The summed E-state index contributed by atoms with van der Waals surface area (Å²) in [4.78, 5) is 39.7. The molecule has 2 aliphatic rings. The zero-order valence-electron chi connectivity index (χ0n) is 17.5. The van der Waals surface area contributed by atoms with E-state index in [1.807, 2.05) is 26.0 Å². The van der Waals surface area contributed by atoms with Crippen molar-refractivity contribution < 1.29 is 23.9 Å². The Balaban J connectivity index is 1.53. The Labute approximate surface area is 175 Å². The number of carbonyl (C=O) groups excluding carboxylic acids is 3. The van der Waals surface area contributed by atoms with Crippen LogP contribution in [0.2, 0.25) is 0 Å². The van der Waals surface area contributed by atoms with Gasteiger partial charge in [0.1, 0.15) is 11.4 Å². The van der Waals surface area contributed by atoms with Crippen LogP contribution in [0.3, 0.4) is 0 Å². The van der Waals surface area contributed by atoms with Gasteiger partial charge in [-0.25, -0.2) is 4.79 Å². The highest BCUT2D eigenvalue weighted by Gasteiger charge is 2.44. The van der Waals surface area contributed by atoms with E-state index in [1.54, 1.807) is 29.2 Å². The number of ketones is 1. The van der Waals surface area contributed by atoms with Crippen LogP contribution < -0.4 is 4.74 Å². The molecule has 2 aromatic carbocycles. The van der Waals surface area contributed by atoms with Crippen LogP contribution in [0.4, 0.5) is 0 Å². The number of amides is 1. The first-order chi connectivity index (χ1) is 14.3. The van der Waals surface area contributed by atoms with Gasteiger partial charge in [-0.1, -0.05) is 18.2 Å². The van der Waals surface area contributed by atoms with Crippen molar-refractivity contribution in [3.63, 3.8) is 0 Å². The van der Waals surface area contributed by atoms with Crippen LogP contribution in [0, 0.1) is 13.8 Å². The lowest BCUT2D eigenvalue weighted by molar-refractivity contribution is -0.00629. The van der Waals surface area contributed by atoms with Crippen molar-refractivity contribution in [1.29, 1.82) is 0 Å². The standard InChI is InChI=1S/C24H25NO5/c1-15-12-16(2)21-19(13-15)20(26)14-24(30-21)8-10-25(11-9-24)22(27)17-6-4-5-7-18(17)23(28)29-3/h4-7,12-13H,8-11,14H2,1-3H3. The second kappa shape index (κ2) is 7.59. The molecule has 2 aromatic rings. The molecule has 1 amide bonds. The van der Waals surface area contributed by atoms with Crippen LogP contribution >= 0.6 is 0 Å². The molecule has 1 spiro atoms. The summed E-state index contributed by atoms with van der Waals surface area (Å²) in [6.45, 7) is 4.85. The third-order valence-electron chi connectivity index (χ3n) is 6.05. The Morgan fingerprint density at radius 3 is 2.40 bits per heavy atom. The monoisotopic (exact) mass is 407 g/mol. The summed E-state index contributed by atoms with van der Waals surface area (Å²) in [6.07, 6.45) is 1.46. The number of benzene rings is 2. The molecule has 4 rings (SSSR count). The lowest BCUT2D eigenvalue weighted by Gasteiger charge is -2.44. The van der Waals surface area contributed by atoms with Gasteiger partial charge in [0.2, 0.25) is 0 Å². The van der Waals surface area contributed by atoms with Crippen LogP contribution in [0.1, 0.15) is 61.5 Å². The van der Waals surface area contributed by atoms with Crippen LogP contribution in [-0.4, -0.2) is 48.4 Å². The first kappa shape index (κ1) is 20.1. The highest BCUT2D eigenvalue weighted by molar-refractivity contribution is 6.05. The van der Waals surface area contributed by atoms with Crippen LogP contribution in [-0.2, 0) is 4.74 Å². The molecule has 156 valence electrons. The summed E-state index contributed by atoms with van der Waals surface area (Å²) in [5, 5.41) is 0. The molecule has 6 nitrogen and oxygen atoms in total. The molecule has 0 saturated carbocycles. The van der Waals surface area contributed by atoms with Crippen molar-refractivity contribution in [2.75, 3.05) is 20.2 Å². The number of nitrogens with zero attached hydrogens (tertiary/aromatic N) is 1. The number of rotatable bonds is 2. The maximum atomic E-state index is 13.1. The fraction of sp³-hybridized carbons (Fsp3) is 0.375. The molecule has 0 aliphatic carbocycles. The highest BCUT2D eigenvalue weighted by Crippen LogP contribution is 2.41. The molecule has 1 saturated heterocycles. The van der Waals surface area contributed by atoms with Crippen LogP contribution in [0.15, 0.2) is 36.4 Å². The second-order valence-corrected chi connectivity index (χ2v) is 8.17. The van der Waals surface area contributed by atoms with Crippen molar-refractivity contribution in [1.82, 2.24) is 4.90 Å². The number of hydrogen-bond acceptors (Lipinski definition) is 5. The zero-order valence-corrected chi connectivity index (χ0v) is 17.5. The molecule has 1 fully saturated rings. The Morgan fingerprint density at radius 2 is 1.73 bits per heavy atom. The van der Waals surface area contributed by atoms with Gasteiger partial charge in [-0.3, -0.25) is 9.59 Å². The fourth-order valence-electron chi connectivity index (χ4n) is 4.46. The van der Waals surface area contributed by atoms with E-state index in [4.69, 9.17) is 9.47 Å². The largest absolute Gasteiger partial charge is 0.486 e. The SMILES string of the molecule is COC(=O)c1ccccc1C(=O)N1CCC2(CC1)CC(=O)c1cc(C)cc(C)c1O2. The first-order valence-electron chi connectivity index (χ1n) is 10.1. The molecule has 0 unspecified atom stereocenters. The molecule has 6 heteroatoms. The van der Waals surface area contributed by atoms with E-state index in [2.05, 4.69) is 0 Å². The van der Waals surface area contributed by atoms with Gasteiger partial charge in [0.15, 0.2) is 5.78 Å². The van der Waals surface area contributed by atoms with E-state index in [1.165, 1.54) is 7.11 Å². The van der Waals surface area contributed by atoms with Crippen LogP contribution in [0.5, 0.6) is 5.75 Å². The van der Waals surface area contributed by atoms with Crippen molar-refractivity contribution in [2.45, 2.75) is 38.7 Å². The van der Waals surface area contributed by atoms with Crippen molar-refractivity contribution in [3.05, 3.63) is 64.2 Å². The number of fused-ring (bicyclic) bond motifs is 1. The Kier molecular flexibility index (Phi) is 5.10. The normalized spacial score (nSPS) is 17.3. The van der Waals surface area contributed by atoms with Crippen molar-refractivity contribution in [3.8, 4) is 5.75 Å². The number of Topliss-reactive ketones (excluding diaryl/α,β-unsaturated/α-hetero) is 1. The van der Waals surface area contributed by atoms with Gasteiger partial charge >= 0.3 is 5.97 Å². The molecule has 0 bridgehead atoms. The predicted octanol–water partition coefficient (Wildman–Crippen LogP) is 3.73. The Hall–Kier alpha value is -3.15. The number of piperidine rings is 1. The van der Waals surface area contributed by atoms with E-state index in [0.717, 1.165) is 11.1 Å². The number of aryl methyl sites for hydroxylation is 2. The highest BCUT2D eigenvalue weighted by atomic mass is 16.5. The number of esters is 1. The zero-order chi connectivity index (χ0) is 21.5. The predicted molar refractivity (Wildman–Crippen MR) is 111 cm³/mol. The lowest BCUT2D eigenvalue weighted by atomic mass is 9.81. The first-order valence-corrected chi connectivity index (χ1v) is 10.1. The summed E-state index contributed by atoms with van der Waals surface area (Å²) in [5.41, 5.74) is 2.67. The van der Waals surface area contributed by atoms with Crippen molar-refractivity contribution in [2.24, 2.45) is 0 Å². The van der Waals surface area contributed by atoms with Gasteiger partial charge in [0, 0.05) is 25.9 Å². The van der Waals surface area contributed by atoms with E-state index in [-0.39, 0.29) is 17.3 Å². The number of methoxy groups -OCH3 is 1. The van der Waals surface area contributed by atoms with E-state index >= 15 is 0 Å². The molecule has 0 aromatic heterocycles. The smallest absolute Gasteiger partial charge is 0.338 e. The summed E-state index contributed by atoms with van der Waals surface area (Å²) in [5.74, 6) is 0.0303. The quantitative estimate of drug-likeness (QED) is 0.710. The molecule has 0 radical (unpaired) electrons. The Morgan fingerprint density at radius 1 is 1.07 bits per heavy atom. The van der Waals surface area contributed by atoms with Gasteiger partial charge in [-0.15, -0.1) is 0 Å². The number of likely N-dealkylation sites (tertiary alicyclic amines) is 1. The van der Waals surface area contributed by atoms with Gasteiger partial charge in [0.05, 0.1) is 30.2 Å². The number of hydrogen-bond donors (Lipinski definition) is 0. The molecule has 0 N–H and O–H groups in total. The molecule has 2 aliphatic heterocycles. The molecular weight excluding hydrogens is 382 g/mol. The summed E-state index contributed by atoms with van der Waals surface area (Å²) < 4.78 is 11.2. The summed E-state index contributed by atoms with van der Waals surface area (Å²) >= 11 is 0. The molecule has 2 heterocycles. The van der Waals surface area contributed by atoms with E-state index in [9.17, 15) is 14.4 Å². The number of ether oxygens (including phenoxy) is 2. The summed E-state index contributed by atoms with van der Waals surface area (Å²) in [7, 11) is 1.30. The van der Waals surface area contributed by atoms with E-state index in [0.29, 0.717) is 49.2 Å². The maximum absolute atomic E-state index is 13.1. The van der Waals surface area contributed by atoms with Gasteiger partial charge in [0.25, 0.3) is 5.91 Å². The maximum Gasteiger partial charge on any atom is 0.338 e. The minimum atomic E-state index is -0.581. The minimum Gasteiger partial charge on any atom is -0.486 e.